The van der Waals surface area contributed by atoms with Crippen LogP contribution in [0.5, 0.6) is 5.75 Å². The molecule has 3 fully saturated rings. The first-order valence-electron chi connectivity index (χ1n) is 13.7. The van der Waals surface area contributed by atoms with Crippen LogP contribution in [0.2, 0.25) is 0 Å². The van der Waals surface area contributed by atoms with Crippen LogP contribution in [0.3, 0.4) is 0 Å². The number of rotatable bonds is 8. The number of amides is 1. The van der Waals surface area contributed by atoms with Gasteiger partial charge in [-0.05, 0) is 63.8 Å². The normalized spacial score (nSPS) is 26.9. The predicted molar refractivity (Wildman–Crippen MR) is 150 cm³/mol. The molecule has 4 rings (SSSR count). The minimum Gasteiger partial charge on any atom is -0.497 e. The smallest absolute Gasteiger partial charge is 0.248 e. The second-order valence-corrected chi connectivity index (χ2v) is 14.9. The average Bonchev–Trinajstić information content (AvgIpc) is 2.89. The van der Waals surface area contributed by atoms with Crippen molar-refractivity contribution in [2.24, 2.45) is 0 Å². The first-order chi connectivity index (χ1) is 18.4. The van der Waals surface area contributed by atoms with Gasteiger partial charge in [0.2, 0.25) is 15.9 Å². The molecular weight excluding hydrogens is 542 g/mol. The lowest BCUT2D eigenvalue weighted by Crippen LogP contribution is -2.58. The van der Waals surface area contributed by atoms with E-state index < -0.39 is 32.5 Å². The largest absolute Gasteiger partial charge is 0.497 e. The van der Waals surface area contributed by atoms with Gasteiger partial charge in [-0.15, -0.1) is 0 Å². The Hall–Kier alpha value is -1.57. The van der Waals surface area contributed by atoms with Crippen LogP contribution in [-0.2, 0) is 35.1 Å². The molecule has 0 spiro atoms. The molecule has 0 aliphatic carbocycles. The molecule has 0 radical (unpaired) electrons. The monoisotopic (exact) mass is 585 g/mol. The Morgan fingerprint density at radius 1 is 1.10 bits per heavy atom. The number of nitrogens with zero attached hydrogens (tertiary/aromatic N) is 3. The van der Waals surface area contributed by atoms with Crippen LogP contribution >= 0.6 is 0 Å². The molecule has 0 bridgehead atoms. The number of carbonyl (C=O) groups is 1. The number of hydrogen-bond acceptors (Lipinski definition) is 8. The lowest BCUT2D eigenvalue weighted by atomic mass is 10.1. The van der Waals surface area contributed by atoms with Crippen LogP contribution in [0.15, 0.2) is 17.0 Å². The number of benzene rings is 1. The molecule has 220 valence electrons. The first-order valence-corrected chi connectivity index (χ1v) is 16.6. The summed E-state index contributed by atoms with van der Waals surface area (Å²) in [7, 11) is -2.98. The summed E-state index contributed by atoms with van der Waals surface area (Å²) in [5.74, 6) is 2.06. The fourth-order valence-corrected chi connectivity index (χ4v) is 9.21. The summed E-state index contributed by atoms with van der Waals surface area (Å²) in [5.41, 5.74) is 0.582. The fraction of sp³-hybridized carbons (Fsp3) is 0.741. The second-order valence-electron chi connectivity index (χ2n) is 11.4. The van der Waals surface area contributed by atoms with Crippen molar-refractivity contribution in [1.29, 1.82) is 0 Å². The molecule has 1 amide bonds. The van der Waals surface area contributed by atoms with E-state index in [0.29, 0.717) is 36.0 Å². The van der Waals surface area contributed by atoms with Crippen molar-refractivity contribution >= 4 is 26.7 Å². The minimum absolute atomic E-state index is 0.0640. The van der Waals surface area contributed by atoms with E-state index in [1.165, 1.54) is 4.31 Å². The molecule has 1 atom stereocenters. The van der Waals surface area contributed by atoms with Gasteiger partial charge in [-0.2, -0.15) is 4.31 Å². The summed E-state index contributed by atoms with van der Waals surface area (Å²) in [6.45, 7) is 10.5. The molecule has 3 saturated heterocycles. The Balaban J connectivity index is 1.35. The van der Waals surface area contributed by atoms with Crippen molar-refractivity contribution in [2.75, 3.05) is 71.2 Å². The molecule has 0 unspecified atom stereocenters. The maximum Gasteiger partial charge on any atom is 0.248 e. The Kier molecular flexibility index (Phi) is 9.76. The van der Waals surface area contributed by atoms with E-state index >= 15 is 0 Å². The molecule has 3 aliphatic heterocycles. The van der Waals surface area contributed by atoms with Crippen molar-refractivity contribution in [2.45, 2.75) is 63.1 Å². The van der Waals surface area contributed by atoms with Crippen LogP contribution < -0.4 is 4.74 Å². The maximum absolute atomic E-state index is 13.9. The number of piperazine rings is 1. The highest BCUT2D eigenvalue weighted by atomic mass is 32.2. The predicted octanol–water partition coefficient (Wildman–Crippen LogP) is 1.55. The fourth-order valence-electron chi connectivity index (χ4n) is 5.78. The highest BCUT2D eigenvalue weighted by molar-refractivity contribution is 7.89. The molecule has 39 heavy (non-hydrogen) atoms. The first kappa shape index (κ1) is 30.4. The lowest BCUT2D eigenvalue weighted by molar-refractivity contribution is -0.141. The van der Waals surface area contributed by atoms with Gasteiger partial charge in [-0.1, -0.05) is 0 Å². The number of sulfonamides is 1. The number of morpholine rings is 1. The van der Waals surface area contributed by atoms with Crippen LogP contribution in [0, 0.1) is 13.8 Å². The topological polar surface area (TPSA) is 106 Å². The summed E-state index contributed by atoms with van der Waals surface area (Å²) in [6.07, 6.45) is 1.91. The number of hydrogen-bond donors (Lipinski definition) is 0. The number of methoxy groups -OCH3 is 1. The quantitative estimate of drug-likeness (QED) is 0.453. The Bertz CT molecular complexity index is 1130. The molecule has 0 saturated carbocycles. The molecular formula is C27H43N3O7S2. The zero-order valence-electron chi connectivity index (χ0n) is 23.8. The molecule has 10 nitrogen and oxygen atoms in total. The van der Waals surface area contributed by atoms with Crippen molar-refractivity contribution in [3.05, 3.63) is 23.3 Å². The molecule has 0 aromatic heterocycles. The van der Waals surface area contributed by atoms with E-state index in [9.17, 15) is 17.4 Å². The highest BCUT2D eigenvalue weighted by Crippen LogP contribution is 2.32. The number of aryl methyl sites for hydroxylation is 2. The summed E-state index contributed by atoms with van der Waals surface area (Å²) >= 11 is 0. The summed E-state index contributed by atoms with van der Waals surface area (Å²) < 4.78 is 58.1. The molecule has 1 aromatic carbocycles. The van der Waals surface area contributed by atoms with Gasteiger partial charge in [-0.25, -0.2) is 8.42 Å². The van der Waals surface area contributed by atoms with Crippen LogP contribution in [-0.4, -0.2) is 121 Å². The van der Waals surface area contributed by atoms with Gasteiger partial charge in [-0.3, -0.25) is 13.9 Å². The van der Waals surface area contributed by atoms with E-state index in [2.05, 4.69) is 4.90 Å². The summed E-state index contributed by atoms with van der Waals surface area (Å²) in [6, 6.07) is 3.36. The van der Waals surface area contributed by atoms with Crippen molar-refractivity contribution in [1.82, 2.24) is 14.1 Å². The van der Waals surface area contributed by atoms with E-state index in [1.54, 1.807) is 33.1 Å². The van der Waals surface area contributed by atoms with E-state index in [4.69, 9.17) is 14.2 Å². The Labute approximate surface area is 235 Å². The summed E-state index contributed by atoms with van der Waals surface area (Å²) in [5, 5.41) is 0. The van der Waals surface area contributed by atoms with Crippen LogP contribution in [0.4, 0.5) is 0 Å². The SMILES string of the molecule is COc1cc(C)c(S(=O)(=O)N2CC(C)(C)OC[C@H]2COCC(=O)N2CCN(C3CCS(=O)CC3)CC2)c(C)c1. The van der Waals surface area contributed by atoms with Crippen molar-refractivity contribution in [3.8, 4) is 5.75 Å². The average molecular weight is 586 g/mol. The maximum atomic E-state index is 13.9. The zero-order valence-corrected chi connectivity index (χ0v) is 25.4. The standard InChI is InChI=1S/C27H43N3O7S2/c1-20-14-24(35-5)15-21(2)26(20)39(33,34)30-19-27(3,4)37-17-23(30)16-36-18-25(31)29-10-8-28(9-11-29)22-6-12-38(32)13-7-22/h14-15,22-23H,6-13,16-19H2,1-5H3/t22?,23-,38?/m1/s1. The molecule has 3 heterocycles. The third-order valence-corrected chi connectivity index (χ3v) is 11.5. The van der Waals surface area contributed by atoms with E-state index in [0.717, 1.165) is 37.4 Å². The minimum atomic E-state index is -3.86. The van der Waals surface area contributed by atoms with Gasteiger partial charge < -0.3 is 19.1 Å². The van der Waals surface area contributed by atoms with Gasteiger partial charge in [0.05, 0.1) is 36.9 Å². The highest BCUT2D eigenvalue weighted by Gasteiger charge is 2.42. The van der Waals surface area contributed by atoms with Crippen molar-refractivity contribution < 1.29 is 31.6 Å². The summed E-state index contributed by atoms with van der Waals surface area (Å²) in [4.78, 5) is 17.4. The van der Waals surface area contributed by atoms with Gasteiger partial charge in [0.1, 0.15) is 12.4 Å². The number of ether oxygens (including phenoxy) is 3. The molecule has 3 aliphatic rings. The Morgan fingerprint density at radius 3 is 2.31 bits per heavy atom. The molecule has 0 N–H and O–H groups in total. The van der Waals surface area contributed by atoms with E-state index in [1.807, 2.05) is 18.7 Å². The van der Waals surface area contributed by atoms with Crippen LogP contribution in [0.25, 0.3) is 0 Å². The zero-order chi connectivity index (χ0) is 28.4. The lowest BCUT2D eigenvalue weighted by Gasteiger charge is -2.43. The Morgan fingerprint density at radius 2 is 1.72 bits per heavy atom. The molecule has 1 aromatic rings. The van der Waals surface area contributed by atoms with Gasteiger partial charge >= 0.3 is 0 Å². The number of carbonyl (C=O) groups excluding carboxylic acids is 1. The second kappa shape index (κ2) is 12.5. The van der Waals surface area contributed by atoms with E-state index in [-0.39, 0.29) is 37.2 Å². The third-order valence-electron chi connectivity index (χ3n) is 7.92. The molecule has 12 heteroatoms. The van der Waals surface area contributed by atoms with Crippen molar-refractivity contribution in [3.63, 3.8) is 0 Å². The van der Waals surface area contributed by atoms with Crippen LogP contribution in [0.1, 0.15) is 37.8 Å². The van der Waals surface area contributed by atoms with Gasteiger partial charge in [0, 0.05) is 61.1 Å². The van der Waals surface area contributed by atoms with Gasteiger partial charge in [0.15, 0.2) is 0 Å². The van der Waals surface area contributed by atoms with Gasteiger partial charge in [0.25, 0.3) is 0 Å². The third kappa shape index (κ3) is 7.20.